The smallest absolute Gasteiger partial charge is 0.321 e. The van der Waals surface area contributed by atoms with Crippen molar-refractivity contribution in [3.63, 3.8) is 0 Å². The minimum atomic E-state index is -0.622. The first kappa shape index (κ1) is 22.5. The molecule has 1 unspecified atom stereocenters. The van der Waals surface area contributed by atoms with E-state index in [1.54, 1.807) is 11.5 Å². The highest BCUT2D eigenvalue weighted by Crippen LogP contribution is 2.32. The number of hydrogen-bond acceptors (Lipinski definition) is 6. The Morgan fingerprint density at radius 1 is 1.19 bits per heavy atom. The van der Waals surface area contributed by atoms with Crippen molar-refractivity contribution < 1.29 is 9.59 Å². The molecule has 168 valence electrons. The number of amides is 3. The van der Waals surface area contributed by atoms with Crippen LogP contribution in [0, 0.1) is 27.7 Å². The van der Waals surface area contributed by atoms with Crippen LogP contribution >= 0.6 is 23.1 Å². The molecule has 1 aromatic carbocycles. The molecular formula is C23H26N4O3S2. The topological polar surface area (TPSA) is 93.1 Å². The Hall–Kier alpha value is -2.65. The summed E-state index contributed by atoms with van der Waals surface area (Å²) in [4.78, 5) is 44.8. The number of fused-ring (bicyclic) bond motifs is 1. The summed E-state index contributed by atoms with van der Waals surface area (Å²) in [5, 5.41) is 5.56. The molecule has 2 N–H and O–H groups in total. The first-order chi connectivity index (χ1) is 15.2. The monoisotopic (exact) mass is 470 g/mol. The van der Waals surface area contributed by atoms with Gasteiger partial charge in [0.25, 0.3) is 5.56 Å². The predicted molar refractivity (Wildman–Crippen MR) is 129 cm³/mol. The van der Waals surface area contributed by atoms with Crippen LogP contribution in [0.25, 0.3) is 15.9 Å². The lowest BCUT2D eigenvalue weighted by atomic mass is 10.1. The fourth-order valence-electron chi connectivity index (χ4n) is 3.42. The number of aromatic nitrogens is 2. The SMILES string of the molecule is Cc1cccc(-n2c(SC(C)C(=O)NC(=O)NC3CC3)nc3sc(C)c(C)c3c2=O)c1C. The van der Waals surface area contributed by atoms with Gasteiger partial charge in [0, 0.05) is 10.9 Å². The third-order valence-electron chi connectivity index (χ3n) is 5.79. The molecule has 4 rings (SSSR count). The van der Waals surface area contributed by atoms with E-state index in [1.165, 1.54) is 23.1 Å². The third kappa shape index (κ3) is 4.31. The van der Waals surface area contributed by atoms with Crippen LogP contribution in [-0.2, 0) is 4.79 Å². The van der Waals surface area contributed by atoms with Gasteiger partial charge in [0.1, 0.15) is 4.83 Å². The molecule has 2 heterocycles. The van der Waals surface area contributed by atoms with Gasteiger partial charge in [-0.15, -0.1) is 11.3 Å². The minimum Gasteiger partial charge on any atom is -0.335 e. The van der Waals surface area contributed by atoms with Crippen LogP contribution in [0.4, 0.5) is 4.79 Å². The number of benzene rings is 1. The van der Waals surface area contributed by atoms with Crippen LogP contribution in [0.1, 0.15) is 41.3 Å². The lowest BCUT2D eigenvalue weighted by molar-refractivity contribution is -0.119. The van der Waals surface area contributed by atoms with Crippen molar-refractivity contribution in [2.24, 2.45) is 0 Å². The third-order valence-corrected chi connectivity index (χ3v) is 7.94. The van der Waals surface area contributed by atoms with Gasteiger partial charge in [0.15, 0.2) is 5.16 Å². The van der Waals surface area contributed by atoms with Crippen LogP contribution in [0.2, 0.25) is 0 Å². The largest absolute Gasteiger partial charge is 0.335 e. The molecule has 0 radical (unpaired) electrons. The van der Waals surface area contributed by atoms with E-state index < -0.39 is 17.2 Å². The number of carbonyl (C=O) groups excluding carboxylic acids is 2. The van der Waals surface area contributed by atoms with Crippen LogP contribution in [0.5, 0.6) is 0 Å². The van der Waals surface area contributed by atoms with E-state index in [0.29, 0.717) is 15.4 Å². The van der Waals surface area contributed by atoms with Crippen molar-refractivity contribution in [1.29, 1.82) is 0 Å². The molecule has 0 spiro atoms. The Morgan fingerprint density at radius 2 is 1.91 bits per heavy atom. The lowest BCUT2D eigenvalue weighted by Gasteiger charge is -2.18. The molecule has 2 aromatic heterocycles. The van der Waals surface area contributed by atoms with E-state index in [0.717, 1.165) is 40.1 Å². The van der Waals surface area contributed by atoms with E-state index in [2.05, 4.69) is 10.6 Å². The molecule has 0 aliphatic heterocycles. The zero-order chi connectivity index (χ0) is 23.2. The van der Waals surface area contributed by atoms with Gasteiger partial charge in [-0.05, 0) is 70.2 Å². The average Bonchev–Trinajstić information content (AvgIpc) is 3.49. The summed E-state index contributed by atoms with van der Waals surface area (Å²) in [6, 6.07) is 5.48. The lowest BCUT2D eigenvalue weighted by Crippen LogP contribution is -2.43. The van der Waals surface area contributed by atoms with Crippen LogP contribution in [0.3, 0.4) is 0 Å². The number of nitrogens with one attached hydrogen (secondary N) is 2. The Balaban J connectivity index is 1.75. The number of hydrogen-bond donors (Lipinski definition) is 2. The van der Waals surface area contributed by atoms with E-state index >= 15 is 0 Å². The minimum absolute atomic E-state index is 0.146. The highest BCUT2D eigenvalue weighted by atomic mass is 32.2. The predicted octanol–water partition coefficient (Wildman–Crippen LogP) is 4.15. The molecule has 1 saturated carbocycles. The van der Waals surface area contributed by atoms with Gasteiger partial charge < -0.3 is 5.32 Å². The van der Waals surface area contributed by atoms with E-state index in [1.807, 2.05) is 45.9 Å². The molecule has 1 atom stereocenters. The molecule has 1 fully saturated rings. The molecule has 0 bridgehead atoms. The summed E-state index contributed by atoms with van der Waals surface area (Å²) < 4.78 is 1.60. The maximum absolute atomic E-state index is 13.7. The molecule has 7 nitrogen and oxygen atoms in total. The van der Waals surface area contributed by atoms with E-state index in [9.17, 15) is 14.4 Å². The number of imide groups is 1. The maximum Gasteiger partial charge on any atom is 0.321 e. The summed E-state index contributed by atoms with van der Waals surface area (Å²) >= 11 is 2.65. The summed E-state index contributed by atoms with van der Waals surface area (Å²) in [6.07, 6.45) is 1.88. The van der Waals surface area contributed by atoms with Crippen molar-refractivity contribution in [2.75, 3.05) is 0 Å². The number of rotatable bonds is 5. The highest BCUT2D eigenvalue weighted by molar-refractivity contribution is 8.00. The Kier molecular flexibility index (Phi) is 6.13. The van der Waals surface area contributed by atoms with Crippen LogP contribution < -0.4 is 16.2 Å². The van der Waals surface area contributed by atoms with Gasteiger partial charge in [-0.1, -0.05) is 23.9 Å². The average molecular weight is 471 g/mol. The van der Waals surface area contributed by atoms with Crippen LogP contribution in [-0.4, -0.2) is 32.8 Å². The van der Waals surface area contributed by atoms with E-state index in [4.69, 9.17) is 4.98 Å². The first-order valence-corrected chi connectivity index (χ1v) is 12.2. The number of carbonyl (C=O) groups is 2. The first-order valence-electron chi connectivity index (χ1n) is 10.5. The maximum atomic E-state index is 13.7. The Labute approximate surface area is 194 Å². The standard InChI is InChI=1S/C23H26N4O3S2/c1-11-7-6-8-17(12(11)2)27-21(29)18-13(3)14(4)31-20(18)26-23(27)32-15(5)19(28)25-22(30)24-16-9-10-16/h6-8,15-16H,9-10H2,1-5H3,(H2,24,25,28,30). The zero-order valence-corrected chi connectivity index (χ0v) is 20.4. The van der Waals surface area contributed by atoms with Gasteiger partial charge in [-0.25, -0.2) is 9.78 Å². The zero-order valence-electron chi connectivity index (χ0n) is 18.7. The molecule has 3 aromatic rings. The van der Waals surface area contributed by atoms with Gasteiger partial charge in [-0.2, -0.15) is 0 Å². The molecule has 1 aliphatic rings. The van der Waals surface area contributed by atoms with Gasteiger partial charge in [0.05, 0.1) is 16.3 Å². The molecule has 32 heavy (non-hydrogen) atoms. The Morgan fingerprint density at radius 3 is 2.59 bits per heavy atom. The quantitative estimate of drug-likeness (QED) is 0.432. The van der Waals surface area contributed by atoms with Crippen molar-refractivity contribution in [3.8, 4) is 5.69 Å². The molecule has 0 saturated heterocycles. The fraction of sp³-hybridized carbons (Fsp3) is 0.391. The summed E-state index contributed by atoms with van der Waals surface area (Å²) in [7, 11) is 0. The molecule has 3 amide bonds. The number of thioether (sulfide) groups is 1. The second-order valence-corrected chi connectivity index (χ2v) is 10.7. The second-order valence-electron chi connectivity index (χ2n) is 8.21. The van der Waals surface area contributed by atoms with Gasteiger partial charge >= 0.3 is 6.03 Å². The Bertz CT molecular complexity index is 1290. The number of thiophene rings is 1. The van der Waals surface area contributed by atoms with Crippen molar-refractivity contribution in [2.45, 2.75) is 63.9 Å². The highest BCUT2D eigenvalue weighted by Gasteiger charge is 2.27. The van der Waals surface area contributed by atoms with E-state index in [-0.39, 0.29) is 11.6 Å². The summed E-state index contributed by atoms with van der Waals surface area (Å²) in [5.74, 6) is -0.423. The molecular weight excluding hydrogens is 444 g/mol. The van der Waals surface area contributed by atoms with Crippen molar-refractivity contribution >= 4 is 45.3 Å². The summed E-state index contributed by atoms with van der Waals surface area (Å²) in [6.45, 7) is 9.59. The van der Waals surface area contributed by atoms with Crippen LogP contribution in [0.15, 0.2) is 28.2 Å². The number of aryl methyl sites for hydroxylation is 3. The van der Waals surface area contributed by atoms with Crippen molar-refractivity contribution in [1.82, 2.24) is 20.2 Å². The molecule has 9 heteroatoms. The number of nitrogens with zero attached hydrogens (tertiary/aromatic N) is 2. The summed E-state index contributed by atoms with van der Waals surface area (Å²) in [5.41, 5.74) is 3.57. The normalized spacial score (nSPS) is 14.4. The van der Waals surface area contributed by atoms with Gasteiger partial charge in [-0.3, -0.25) is 19.5 Å². The second kappa shape index (κ2) is 8.71. The van der Waals surface area contributed by atoms with Gasteiger partial charge in [0.2, 0.25) is 5.91 Å². The van der Waals surface area contributed by atoms with Crippen molar-refractivity contribution in [3.05, 3.63) is 50.1 Å². The number of urea groups is 1. The molecule has 1 aliphatic carbocycles. The fourth-order valence-corrected chi connectivity index (χ4v) is 5.41.